The smallest absolute Gasteiger partial charge is 0.240 e. The molecule has 0 aromatic rings. The van der Waals surface area contributed by atoms with Crippen LogP contribution in [0.25, 0.3) is 0 Å². The van der Waals surface area contributed by atoms with Gasteiger partial charge in [-0.2, -0.15) is 0 Å². The van der Waals surface area contributed by atoms with Gasteiger partial charge in [0.2, 0.25) is 5.91 Å². The van der Waals surface area contributed by atoms with Crippen LogP contribution in [0.5, 0.6) is 0 Å². The molecule has 3 nitrogen and oxygen atoms in total. The van der Waals surface area contributed by atoms with Crippen LogP contribution in [0.15, 0.2) is 0 Å². The van der Waals surface area contributed by atoms with Crippen molar-refractivity contribution in [3.05, 3.63) is 0 Å². The van der Waals surface area contributed by atoms with E-state index >= 15 is 0 Å². The summed E-state index contributed by atoms with van der Waals surface area (Å²) in [5, 5.41) is 3.23. The molecule has 1 atom stereocenters. The summed E-state index contributed by atoms with van der Waals surface area (Å²) in [5.41, 5.74) is 0. The summed E-state index contributed by atoms with van der Waals surface area (Å²) in [5.74, 6) is 2.90. The first-order valence-electron chi connectivity index (χ1n) is 5.83. The number of carbonyl (C=O) groups excluding carboxylic acids is 1. The van der Waals surface area contributed by atoms with E-state index in [0.717, 1.165) is 24.1 Å². The van der Waals surface area contributed by atoms with Crippen LogP contribution in [0.4, 0.5) is 0 Å². The van der Waals surface area contributed by atoms with Gasteiger partial charge in [-0.3, -0.25) is 10.1 Å². The van der Waals surface area contributed by atoms with Crippen LogP contribution in [0.1, 0.15) is 25.7 Å². The van der Waals surface area contributed by atoms with Crippen LogP contribution in [-0.2, 0) is 4.79 Å². The van der Waals surface area contributed by atoms with Crippen LogP contribution < -0.4 is 5.32 Å². The molecular formula is C11H20N2OS. The third-order valence-electron chi connectivity index (χ3n) is 3.40. The molecule has 2 aliphatic rings. The Morgan fingerprint density at radius 1 is 1.47 bits per heavy atom. The molecule has 0 aromatic carbocycles. The van der Waals surface area contributed by atoms with Crippen LogP contribution in [0, 0.1) is 5.92 Å². The molecule has 1 heterocycles. The SMILES string of the molecule is CN(CC1CCCC1)C(=O)[C@H]1CSCN1. The Morgan fingerprint density at radius 3 is 2.80 bits per heavy atom. The summed E-state index contributed by atoms with van der Waals surface area (Å²) in [6.45, 7) is 0.960. The van der Waals surface area contributed by atoms with Crippen LogP contribution in [-0.4, -0.2) is 42.1 Å². The lowest BCUT2D eigenvalue weighted by Crippen LogP contribution is -2.44. The fourth-order valence-corrected chi connectivity index (χ4v) is 3.42. The maximum atomic E-state index is 12.0. The van der Waals surface area contributed by atoms with Crippen molar-refractivity contribution in [2.45, 2.75) is 31.7 Å². The zero-order chi connectivity index (χ0) is 10.7. The van der Waals surface area contributed by atoms with Crippen molar-refractivity contribution in [3.8, 4) is 0 Å². The standard InChI is InChI=1S/C11H20N2OS/c1-13(6-9-4-2-3-5-9)11(14)10-7-15-8-12-10/h9-10,12H,2-8H2,1H3/t10-/m1/s1. The first kappa shape index (κ1) is 11.3. The number of amides is 1. The van der Waals surface area contributed by atoms with Crippen LogP contribution >= 0.6 is 11.8 Å². The molecule has 15 heavy (non-hydrogen) atoms. The Morgan fingerprint density at radius 2 is 2.20 bits per heavy atom. The monoisotopic (exact) mass is 228 g/mol. The number of thioether (sulfide) groups is 1. The highest BCUT2D eigenvalue weighted by atomic mass is 32.2. The molecule has 4 heteroatoms. The second-order valence-corrected chi connectivity index (χ2v) is 5.67. The Balaban J connectivity index is 1.78. The van der Waals surface area contributed by atoms with E-state index in [1.807, 2.05) is 23.7 Å². The Labute approximate surface area is 96.0 Å². The zero-order valence-electron chi connectivity index (χ0n) is 9.37. The van der Waals surface area contributed by atoms with Gasteiger partial charge in [0.25, 0.3) is 0 Å². The summed E-state index contributed by atoms with van der Waals surface area (Å²) in [6.07, 6.45) is 5.32. The molecule has 1 amide bonds. The summed E-state index contributed by atoms with van der Waals surface area (Å²) in [4.78, 5) is 13.9. The van der Waals surface area contributed by atoms with E-state index in [-0.39, 0.29) is 11.9 Å². The second kappa shape index (κ2) is 5.21. The fourth-order valence-electron chi connectivity index (χ4n) is 2.49. The molecule has 2 fully saturated rings. The molecule has 0 bridgehead atoms. The van der Waals surface area contributed by atoms with Gasteiger partial charge in [-0.25, -0.2) is 0 Å². The average molecular weight is 228 g/mol. The van der Waals surface area contributed by atoms with Gasteiger partial charge in [0, 0.05) is 25.2 Å². The minimum absolute atomic E-state index is 0.0707. The van der Waals surface area contributed by atoms with Gasteiger partial charge in [0.05, 0.1) is 6.04 Å². The first-order valence-corrected chi connectivity index (χ1v) is 6.99. The predicted octanol–water partition coefficient (Wildman–Crippen LogP) is 1.30. The van der Waals surface area contributed by atoms with Crippen molar-refractivity contribution in [2.24, 2.45) is 5.92 Å². The third kappa shape index (κ3) is 2.88. The highest BCUT2D eigenvalue weighted by Gasteiger charge is 2.27. The van der Waals surface area contributed by atoms with Crippen molar-refractivity contribution < 1.29 is 4.79 Å². The van der Waals surface area contributed by atoms with Crippen molar-refractivity contribution in [3.63, 3.8) is 0 Å². The molecule has 2 rings (SSSR count). The van der Waals surface area contributed by atoms with Crippen molar-refractivity contribution in [1.29, 1.82) is 0 Å². The molecule has 0 aromatic heterocycles. The number of carbonyl (C=O) groups is 1. The second-order valence-electron chi connectivity index (χ2n) is 4.64. The van der Waals surface area contributed by atoms with Crippen LogP contribution in [0.2, 0.25) is 0 Å². The van der Waals surface area contributed by atoms with Crippen molar-refractivity contribution >= 4 is 17.7 Å². The van der Waals surface area contributed by atoms with E-state index in [4.69, 9.17) is 0 Å². The Kier molecular flexibility index (Phi) is 3.92. The van der Waals surface area contributed by atoms with Crippen molar-refractivity contribution in [1.82, 2.24) is 10.2 Å². The molecule has 1 aliphatic carbocycles. The minimum Gasteiger partial charge on any atom is -0.344 e. The number of rotatable bonds is 3. The minimum atomic E-state index is 0.0707. The van der Waals surface area contributed by atoms with Gasteiger partial charge < -0.3 is 4.90 Å². The molecule has 1 N–H and O–H groups in total. The average Bonchev–Trinajstić information content (AvgIpc) is 2.88. The molecule has 0 unspecified atom stereocenters. The van der Waals surface area contributed by atoms with Gasteiger partial charge in [0.1, 0.15) is 0 Å². The van der Waals surface area contributed by atoms with Gasteiger partial charge in [0.15, 0.2) is 0 Å². The van der Waals surface area contributed by atoms with E-state index < -0.39 is 0 Å². The lowest BCUT2D eigenvalue weighted by Gasteiger charge is -2.23. The lowest BCUT2D eigenvalue weighted by molar-refractivity contribution is -0.131. The molecule has 0 spiro atoms. The van der Waals surface area contributed by atoms with Gasteiger partial charge >= 0.3 is 0 Å². The molecule has 1 aliphatic heterocycles. The van der Waals surface area contributed by atoms with E-state index in [0.29, 0.717) is 0 Å². The van der Waals surface area contributed by atoms with Gasteiger partial charge in [-0.1, -0.05) is 12.8 Å². The fraction of sp³-hybridized carbons (Fsp3) is 0.909. The molecule has 1 saturated heterocycles. The maximum absolute atomic E-state index is 12.0. The van der Waals surface area contributed by atoms with Gasteiger partial charge in [-0.05, 0) is 18.8 Å². The largest absolute Gasteiger partial charge is 0.344 e. The summed E-state index contributed by atoms with van der Waals surface area (Å²) >= 11 is 1.81. The third-order valence-corrected chi connectivity index (χ3v) is 4.34. The highest BCUT2D eigenvalue weighted by molar-refractivity contribution is 7.99. The molecule has 1 saturated carbocycles. The lowest BCUT2D eigenvalue weighted by atomic mass is 10.1. The van der Waals surface area contributed by atoms with Crippen LogP contribution in [0.3, 0.4) is 0 Å². The summed E-state index contributed by atoms with van der Waals surface area (Å²) < 4.78 is 0. The quantitative estimate of drug-likeness (QED) is 0.790. The number of likely N-dealkylation sites (N-methyl/N-ethyl adjacent to an activating group) is 1. The highest BCUT2D eigenvalue weighted by Crippen LogP contribution is 2.25. The summed E-state index contributed by atoms with van der Waals surface area (Å²) in [6, 6.07) is 0.0707. The zero-order valence-corrected chi connectivity index (χ0v) is 10.2. The van der Waals surface area contributed by atoms with E-state index in [1.165, 1.54) is 25.7 Å². The molecular weight excluding hydrogens is 208 g/mol. The maximum Gasteiger partial charge on any atom is 0.240 e. The van der Waals surface area contributed by atoms with E-state index in [2.05, 4.69) is 5.32 Å². The number of nitrogens with one attached hydrogen (secondary N) is 1. The molecule has 0 radical (unpaired) electrons. The van der Waals surface area contributed by atoms with E-state index in [1.54, 1.807) is 0 Å². The number of nitrogens with zero attached hydrogens (tertiary/aromatic N) is 1. The number of hydrogen-bond donors (Lipinski definition) is 1. The predicted molar refractivity (Wildman–Crippen MR) is 63.8 cm³/mol. The number of hydrogen-bond acceptors (Lipinski definition) is 3. The Bertz CT molecular complexity index is 223. The van der Waals surface area contributed by atoms with Gasteiger partial charge in [-0.15, -0.1) is 11.8 Å². The molecule has 86 valence electrons. The Hall–Kier alpha value is -0.220. The van der Waals surface area contributed by atoms with Crippen molar-refractivity contribution in [2.75, 3.05) is 25.2 Å². The summed E-state index contributed by atoms with van der Waals surface area (Å²) in [7, 11) is 1.95. The topological polar surface area (TPSA) is 32.3 Å². The first-order chi connectivity index (χ1) is 7.27. The normalized spacial score (nSPS) is 27.1. The van der Waals surface area contributed by atoms with E-state index in [9.17, 15) is 4.79 Å².